The van der Waals surface area contributed by atoms with Gasteiger partial charge in [0.25, 0.3) is 5.91 Å². The normalized spacial score (nSPS) is 14.2. The Morgan fingerprint density at radius 2 is 1.96 bits per heavy atom. The summed E-state index contributed by atoms with van der Waals surface area (Å²) < 4.78 is 31.4. The highest BCUT2D eigenvalue weighted by molar-refractivity contribution is 5.94. The first-order valence-corrected chi connectivity index (χ1v) is 8.26. The van der Waals surface area contributed by atoms with Crippen LogP contribution in [0.3, 0.4) is 0 Å². The molecule has 2 aromatic rings. The van der Waals surface area contributed by atoms with Crippen LogP contribution in [-0.2, 0) is 4.74 Å². The van der Waals surface area contributed by atoms with Crippen molar-refractivity contribution < 1.29 is 18.3 Å². The first kappa shape index (κ1) is 18.0. The van der Waals surface area contributed by atoms with Crippen LogP contribution in [0, 0.1) is 11.6 Å². The van der Waals surface area contributed by atoms with Crippen LogP contribution in [0.2, 0.25) is 0 Å². The molecule has 0 unspecified atom stereocenters. The predicted molar refractivity (Wildman–Crippen MR) is 92.2 cm³/mol. The maximum absolute atomic E-state index is 13.1. The minimum absolute atomic E-state index is 0.0676. The number of ether oxygens (including phenoxy) is 1. The summed E-state index contributed by atoms with van der Waals surface area (Å²) in [4.78, 5) is 14.1. The zero-order valence-corrected chi connectivity index (χ0v) is 14.0. The fraction of sp³-hybridized carbons (Fsp3) is 0.353. The molecule has 0 spiro atoms. The van der Waals surface area contributed by atoms with E-state index < -0.39 is 17.5 Å². The average molecular weight is 363 g/mol. The molecule has 1 amide bonds. The quantitative estimate of drug-likeness (QED) is 0.756. The van der Waals surface area contributed by atoms with Crippen LogP contribution < -0.4 is 15.5 Å². The van der Waals surface area contributed by atoms with Gasteiger partial charge in [-0.3, -0.25) is 4.79 Å². The van der Waals surface area contributed by atoms with E-state index in [-0.39, 0.29) is 5.56 Å². The number of morpholine rings is 1. The van der Waals surface area contributed by atoms with E-state index in [0.717, 1.165) is 30.9 Å². The molecule has 0 atom stereocenters. The van der Waals surface area contributed by atoms with E-state index in [1.807, 2.05) is 6.07 Å². The Hall–Kier alpha value is -2.81. The molecule has 0 saturated carbocycles. The van der Waals surface area contributed by atoms with Crippen LogP contribution in [0.1, 0.15) is 10.4 Å². The van der Waals surface area contributed by atoms with Crippen molar-refractivity contribution in [2.24, 2.45) is 0 Å². The minimum Gasteiger partial charge on any atom is -0.378 e. The van der Waals surface area contributed by atoms with Crippen molar-refractivity contribution in [1.82, 2.24) is 15.5 Å². The smallest absolute Gasteiger partial charge is 0.251 e. The second kappa shape index (κ2) is 8.52. The number of nitrogens with one attached hydrogen (secondary N) is 2. The van der Waals surface area contributed by atoms with Gasteiger partial charge in [0.2, 0.25) is 0 Å². The number of hydrogen-bond donors (Lipinski definition) is 2. The lowest BCUT2D eigenvalue weighted by Gasteiger charge is -2.28. The summed E-state index contributed by atoms with van der Waals surface area (Å²) in [6.07, 6.45) is 1.70. The second-order valence-electron chi connectivity index (χ2n) is 5.71. The minimum atomic E-state index is -1.05. The van der Waals surface area contributed by atoms with E-state index in [4.69, 9.17) is 4.74 Å². The molecule has 2 heterocycles. The molecule has 26 heavy (non-hydrogen) atoms. The van der Waals surface area contributed by atoms with Crippen LogP contribution in [0.25, 0.3) is 0 Å². The number of nitrogens with zero attached hydrogens (tertiary/aromatic N) is 3. The molecule has 1 aromatic heterocycles. The summed E-state index contributed by atoms with van der Waals surface area (Å²) >= 11 is 0. The summed E-state index contributed by atoms with van der Waals surface area (Å²) in [5, 5.41) is 13.7. The Kier molecular flexibility index (Phi) is 5.90. The molecule has 0 aliphatic carbocycles. The number of carbonyl (C=O) groups is 1. The SMILES string of the molecule is O=C(NCCNc1cc(N2CCOCC2)cnn1)c1ccc(F)c(F)c1. The largest absolute Gasteiger partial charge is 0.378 e. The maximum Gasteiger partial charge on any atom is 0.251 e. The summed E-state index contributed by atoms with van der Waals surface area (Å²) in [6.45, 7) is 3.67. The molecule has 1 fully saturated rings. The van der Waals surface area contributed by atoms with Crippen molar-refractivity contribution in [3.63, 3.8) is 0 Å². The standard InChI is InChI=1S/C17H19F2N5O2/c18-14-2-1-12(9-15(14)19)17(25)21-4-3-20-16-10-13(11-22-23-16)24-5-7-26-8-6-24/h1-2,9-11H,3-8H2,(H,20,23)(H,21,25). The summed E-state index contributed by atoms with van der Waals surface area (Å²) in [7, 11) is 0. The van der Waals surface area contributed by atoms with Crippen molar-refractivity contribution >= 4 is 17.4 Å². The van der Waals surface area contributed by atoms with Crippen molar-refractivity contribution in [2.45, 2.75) is 0 Å². The average Bonchev–Trinajstić information content (AvgIpc) is 2.68. The number of anilines is 2. The number of aromatic nitrogens is 2. The molecule has 1 aliphatic heterocycles. The zero-order chi connectivity index (χ0) is 18.4. The van der Waals surface area contributed by atoms with Gasteiger partial charge in [-0.1, -0.05) is 0 Å². The van der Waals surface area contributed by atoms with Gasteiger partial charge in [-0.25, -0.2) is 8.78 Å². The van der Waals surface area contributed by atoms with Gasteiger partial charge in [-0.15, -0.1) is 5.10 Å². The van der Waals surface area contributed by atoms with E-state index in [0.29, 0.717) is 32.1 Å². The fourth-order valence-electron chi connectivity index (χ4n) is 2.54. The van der Waals surface area contributed by atoms with Crippen LogP contribution in [0.5, 0.6) is 0 Å². The highest BCUT2D eigenvalue weighted by Gasteiger charge is 2.12. The molecule has 2 N–H and O–H groups in total. The number of rotatable bonds is 6. The molecule has 0 bridgehead atoms. The van der Waals surface area contributed by atoms with Gasteiger partial charge >= 0.3 is 0 Å². The summed E-state index contributed by atoms with van der Waals surface area (Å²) in [5.74, 6) is -1.91. The van der Waals surface area contributed by atoms with Crippen molar-refractivity contribution in [2.75, 3.05) is 49.6 Å². The second-order valence-corrected chi connectivity index (χ2v) is 5.71. The lowest BCUT2D eigenvalue weighted by atomic mass is 10.2. The van der Waals surface area contributed by atoms with Gasteiger partial charge in [0.1, 0.15) is 0 Å². The van der Waals surface area contributed by atoms with E-state index in [1.54, 1.807) is 6.20 Å². The Morgan fingerprint density at radius 3 is 2.73 bits per heavy atom. The van der Waals surface area contributed by atoms with Crippen molar-refractivity contribution in [3.05, 3.63) is 47.7 Å². The van der Waals surface area contributed by atoms with Crippen LogP contribution in [0.4, 0.5) is 20.3 Å². The number of amides is 1. The third-order valence-corrected chi connectivity index (χ3v) is 3.91. The monoisotopic (exact) mass is 363 g/mol. The first-order chi connectivity index (χ1) is 12.6. The number of hydrogen-bond acceptors (Lipinski definition) is 6. The van der Waals surface area contributed by atoms with Gasteiger partial charge in [0.15, 0.2) is 17.5 Å². The molecule has 1 aromatic carbocycles. The predicted octanol–water partition coefficient (Wildman–Crippen LogP) is 1.43. The molecule has 9 heteroatoms. The van der Waals surface area contributed by atoms with Gasteiger partial charge in [0.05, 0.1) is 25.1 Å². The van der Waals surface area contributed by atoms with Gasteiger partial charge < -0.3 is 20.3 Å². The molecule has 0 radical (unpaired) electrons. The Bertz CT molecular complexity index is 769. The lowest BCUT2D eigenvalue weighted by Crippen LogP contribution is -2.36. The molecular weight excluding hydrogens is 344 g/mol. The van der Waals surface area contributed by atoms with Crippen LogP contribution in [-0.4, -0.2) is 55.5 Å². The topological polar surface area (TPSA) is 79.4 Å². The fourth-order valence-corrected chi connectivity index (χ4v) is 2.54. The van der Waals surface area contributed by atoms with Crippen LogP contribution >= 0.6 is 0 Å². The third-order valence-electron chi connectivity index (χ3n) is 3.91. The van der Waals surface area contributed by atoms with E-state index in [1.165, 1.54) is 6.07 Å². The van der Waals surface area contributed by atoms with Gasteiger partial charge in [-0.05, 0) is 18.2 Å². The van der Waals surface area contributed by atoms with Gasteiger partial charge in [-0.2, -0.15) is 5.10 Å². The van der Waals surface area contributed by atoms with E-state index in [2.05, 4.69) is 25.7 Å². The molecule has 7 nitrogen and oxygen atoms in total. The molecular formula is C17H19F2N5O2. The lowest BCUT2D eigenvalue weighted by molar-refractivity contribution is 0.0954. The molecule has 138 valence electrons. The Balaban J connectivity index is 1.47. The van der Waals surface area contributed by atoms with E-state index in [9.17, 15) is 13.6 Å². The first-order valence-electron chi connectivity index (χ1n) is 8.26. The third kappa shape index (κ3) is 4.63. The molecule has 3 rings (SSSR count). The van der Waals surface area contributed by atoms with Crippen LogP contribution in [0.15, 0.2) is 30.5 Å². The molecule has 1 aliphatic rings. The van der Waals surface area contributed by atoms with E-state index >= 15 is 0 Å². The maximum atomic E-state index is 13.1. The highest BCUT2D eigenvalue weighted by Crippen LogP contribution is 2.16. The Labute approximate surface area is 149 Å². The van der Waals surface area contributed by atoms with Gasteiger partial charge in [0, 0.05) is 37.8 Å². The van der Waals surface area contributed by atoms with Crippen molar-refractivity contribution in [3.8, 4) is 0 Å². The highest BCUT2D eigenvalue weighted by atomic mass is 19.2. The zero-order valence-electron chi connectivity index (χ0n) is 14.0. The summed E-state index contributed by atoms with van der Waals surface area (Å²) in [5.41, 5.74) is 1.02. The number of halogens is 2. The molecule has 1 saturated heterocycles. The Morgan fingerprint density at radius 1 is 1.15 bits per heavy atom. The number of carbonyl (C=O) groups excluding carboxylic acids is 1. The number of benzene rings is 1. The summed E-state index contributed by atoms with van der Waals surface area (Å²) in [6, 6.07) is 4.92. The van der Waals surface area contributed by atoms with Crippen molar-refractivity contribution in [1.29, 1.82) is 0 Å².